The minimum atomic E-state index is -4.58. The van der Waals surface area contributed by atoms with E-state index in [1.807, 2.05) is 0 Å². The van der Waals surface area contributed by atoms with E-state index in [0.29, 0.717) is 5.56 Å². The van der Waals surface area contributed by atoms with Gasteiger partial charge in [0.25, 0.3) is 0 Å². The highest BCUT2D eigenvalue weighted by molar-refractivity contribution is 7.46. The van der Waals surface area contributed by atoms with E-state index in [1.54, 1.807) is 30.3 Å². The third kappa shape index (κ3) is 3.64. The van der Waals surface area contributed by atoms with Crippen molar-refractivity contribution in [3.8, 4) is 0 Å². The van der Waals surface area contributed by atoms with Gasteiger partial charge in [0, 0.05) is 0 Å². The number of hydrogen-bond donors (Lipinski definition) is 1. The molecule has 65 valence electrons. The van der Waals surface area contributed by atoms with Crippen LogP contribution in [-0.2, 0) is 20.6 Å². The third-order valence-electron chi connectivity index (χ3n) is 1.24. The van der Waals surface area contributed by atoms with Gasteiger partial charge in [0.1, 0.15) is 0 Å². The van der Waals surface area contributed by atoms with Gasteiger partial charge in [-0.25, -0.2) is 4.57 Å². The number of rotatable bonds is 3. The van der Waals surface area contributed by atoms with Crippen LogP contribution < -0.4 is 0 Å². The Morgan fingerprint density at radius 2 is 1.92 bits per heavy atom. The Bertz CT molecular complexity index is 279. The maximum Gasteiger partial charge on any atom is 0.500 e. The third-order valence-corrected chi connectivity index (χ3v) is 1.69. The molecule has 0 fully saturated rings. The Hall–Kier alpha value is -0.670. The van der Waals surface area contributed by atoms with Gasteiger partial charge in [-0.3, -0.25) is 4.52 Å². The van der Waals surface area contributed by atoms with E-state index in [2.05, 4.69) is 4.52 Å². The van der Waals surface area contributed by atoms with E-state index in [9.17, 15) is 9.46 Å². The van der Waals surface area contributed by atoms with Crippen molar-refractivity contribution in [3.05, 3.63) is 35.9 Å². The van der Waals surface area contributed by atoms with Crippen molar-refractivity contribution in [1.29, 1.82) is 0 Å². The SMILES string of the molecule is [O]P(=O)(O)OCc1ccccc1. The van der Waals surface area contributed by atoms with Crippen molar-refractivity contribution < 1.29 is 18.9 Å². The molecule has 1 aromatic rings. The lowest BCUT2D eigenvalue weighted by atomic mass is 10.2. The molecule has 0 aliphatic rings. The summed E-state index contributed by atoms with van der Waals surface area (Å²) in [6, 6.07) is 8.72. The monoisotopic (exact) mass is 187 g/mol. The van der Waals surface area contributed by atoms with Gasteiger partial charge in [-0.15, -0.1) is 4.89 Å². The first kappa shape index (κ1) is 9.42. The number of hydrogen-bond acceptors (Lipinski definition) is 2. The molecule has 0 aromatic heterocycles. The quantitative estimate of drug-likeness (QED) is 0.732. The molecule has 0 heterocycles. The van der Waals surface area contributed by atoms with Crippen molar-refractivity contribution in [2.24, 2.45) is 0 Å². The molecule has 5 heteroatoms. The maximum absolute atomic E-state index is 10.2. The van der Waals surface area contributed by atoms with Crippen LogP contribution in [0.2, 0.25) is 0 Å². The molecule has 0 saturated carbocycles. The summed E-state index contributed by atoms with van der Waals surface area (Å²) in [6.45, 7) is -0.127. The topological polar surface area (TPSA) is 66.4 Å². The van der Waals surface area contributed by atoms with Crippen LogP contribution in [0, 0.1) is 0 Å². The van der Waals surface area contributed by atoms with Crippen molar-refractivity contribution in [1.82, 2.24) is 0 Å². The van der Waals surface area contributed by atoms with E-state index in [-0.39, 0.29) is 6.61 Å². The highest BCUT2D eigenvalue weighted by Crippen LogP contribution is 2.38. The predicted octanol–water partition coefficient (Wildman–Crippen LogP) is 1.73. The van der Waals surface area contributed by atoms with E-state index in [1.165, 1.54) is 0 Å². The first-order valence-electron chi connectivity index (χ1n) is 3.30. The fourth-order valence-corrected chi connectivity index (χ4v) is 1.04. The molecule has 0 spiro atoms. The zero-order chi connectivity index (χ0) is 9.03. The minimum Gasteiger partial charge on any atom is -0.301 e. The van der Waals surface area contributed by atoms with Crippen molar-refractivity contribution in [2.45, 2.75) is 6.61 Å². The van der Waals surface area contributed by atoms with Crippen LogP contribution in [0.4, 0.5) is 0 Å². The lowest BCUT2D eigenvalue weighted by Gasteiger charge is -2.02. The Kier molecular flexibility index (Phi) is 3.00. The highest BCUT2D eigenvalue weighted by Gasteiger charge is 2.15. The summed E-state index contributed by atoms with van der Waals surface area (Å²) >= 11 is 0. The fourth-order valence-electron chi connectivity index (χ4n) is 0.730. The summed E-state index contributed by atoms with van der Waals surface area (Å²) in [5.74, 6) is 0. The molecule has 0 aliphatic heterocycles. The van der Waals surface area contributed by atoms with Crippen LogP contribution in [0.1, 0.15) is 5.56 Å². The molecule has 1 radical (unpaired) electrons. The van der Waals surface area contributed by atoms with Crippen molar-refractivity contribution in [3.63, 3.8) is 0 Å². The fraction of sp³-hybridized carbons (Fsp3) is 0.143. The second kappa shape index (κ2) is 3.83. The Morgan fingerprint density at radius 3 is 2.42 bits per heavy atom. The van der Waals surface area contributed by atoms with Gasteiger partial charge in [-0.2, -0.15) is 0 Å². The standard InChI is InChI=1S/C7H8O4P/c8-12(9,10)11-6-7-4-2-1-3-5-7/h1-5H,6H2,(H,8,9). The van der Waals surface area contributed by atoms with Gasteiger partial charge < -0.3 is 4.89 Å². The minimum absolute atomic E-state index is 0.127. The molecule has 0 aliphatic carbocycles. The molecule has 1 rings (SSSR count). The summed E-state index contributed by atoms with van der Waals surface area (Å²) in [4.78, 5) is 18.4. The van der Waals surface area contributed by atoms with E-state index in [0.717, 1.165) is 0 Å². The first-order valence-corrected chi connectivity index (χ1v) is 4.80. The molecule has 1 N–H and O–H groups in total. The number of benzene rings is 1. The van der Waals surface area contributed by atoms with Crippen molar-refractivity contribution >= 4 is 7.82 Å². The smallest absolute Gasteiger partial charge is 0.301 e. The Balaban J connectivity index is 2.50. The summed E-state index contributed by atoms with van der Waals surface area (Å²) in [5, 5.41) is 0. The summed E-state index contributed by atoms with van der Waals surface area (Å²) in [5.41, 5.74) is 0.697. The average Bonchev–Trinajstić information content (AvgIpc) is 2.02. The lowest BCUT2D eigenvalue weighted by Crippen LogP contribution is -1.88. The molecular formula is C7H8O4P. The van der Waals surface area contributed by atoms with Gasteiger partial charge >= 0.3 is 7.82 Å². The molecule has 0 bridgehead atoms. The molecule has 4 nitrogen and oxygen atoms in total. The van der Waals surface area contributed by atoms with Gasteiger partial charge in [-0.05, 0) is 5.56 Å². The van der Waals surface area contributed by atoms with Gasteiger partial charge in [0.05, 0.1) is 6.61 Å². The molecule has 1 atom stereocenters. The van der Waals surface area contributed by atoms with Gasteiger partial charge in [0.15, 0.2) is 0 Å². The van der Waals surface area contributed by atoms with Crippen LogP contribution >= 0.6 is 7.82 Å². The van der Waals surface area contributed by atoms with E-state index in [4.69, 9.17) is 4.89 Å². The summed E-state index contributed by atoms with van der Waals surface area (Å²) in [7, 11) is -4.58. The molecule has 1 unspecified atom stereocenters. The average molecular weight is 187 g/mol. The van der Waals surface area contributed by atoms with Crippen LogP contribution in [0.3, 0.4) is 0 Å². The zero-order valence-electron chi connectivity index (χ0n) is 6.21. The normalized spacial score (nSPS) is 11.5. The molecule has 0 saturated heterocycles. The Labute approximate surface area is 70.0 Å². The molecular weight excluding hydrogens is 179 g/mol. The molecule has 1 aromatic carbocycles. The summed E-state index contributed by atoms with van der Waals surface area (Å²) in [6.07, 6.45) is 0. The van der Waals surface area contributed by atoms with Crippen LogP contribution in [0.5, 0.6) is 0 Å². The van der Waals surface area contributed by atoms with Crippen molar-refractivity contribution in [2.75, 3.05) is 0 Å². The second-order valence-electron chi connectivity index (χ2n) is 2.23. The van der Waals surface area contributed by atoms with Crippen LogP contribution in [0.15, 0.2) is 30.3 Å². The van der Waals surface area contributed by atoms with Crippen LogP contribution in [0.25, 0.3) is 0 Å². The van der Waals surface area contributed by atoms with E-state index >= 15 is 0 Å². The summed E-state index contributed by atoms with van der Waals surface area (Å²) < 4.78 is 14.3. The van der Waals surface area contributed by atoms with Crippen LogP contribution in [-0.4, -0.2) is 4.89 Å². The second-order valence-corrected chi connectivity index (χ2v) is 3.42. The molecule has 0 amide bonds. The van der Waals surface area contributed by atoms with Gasteiger partial charge in [-0.1, -0.05) is 30.3 Å². The first-order chi connectivity index (χ1) is 5.58. The maximum atomic E-state index is 10.2. The predicted molar refractivity (Wildman–Crippen MR) is 41.7 cm³/mol. The zero-order valence-corrected chi connectivity index (χ0v) is 7.11. The van der Waals surface area contributed by atoms with E-state index < -0.39 is 7.82 Å². The van der Waals surface area contributed by atoms with Gasteiger partial charge in [0.2, 0.25) is 0 Å². The Morgan fingerprint density at radius 1 is 1.33 bits per heavy atom. The largest absolute Gasteiger partial charge is 0.500 e. The molecule has 12 heavy (non-hydrogen) atoms. The highest BCUT2D eigenvalue weighted by atomic mass is 31.2. The lowest BCUT2D eigenvalue weighted by molar-refractivity contribution is 0.164.